The Bertz CT molecular complexity index is 394. The summed E-state index contributed by atoms with van der Waals surface area (Å²) in [5.41, 5.74) is 0.421. The van der Waals surface area contributed by atoms with Crippen molar-refractivity contribution in [2.75, 3.05) is 7.11 Å². The molecule has 2 aliphatic heterocycles. The first-order valence-electron chi connectivity index (χ1n) is 5.03. The van der Waals surface area contributed by atoms with E-state index in [1.54, 1.807) is 26.5 Å². The molecule has 16 heavy (non-hydrogen) atoms. The Morgan fingerprint density at radius 3 is 2.81 bits per heavy atom. The lowest BCUT2D eigenvalue weighted by Crippen LogP contribution is -2.62. The number of ether oxygens (including phenoxy) is 1. The summed E-state index contributed by atoms with van der Waals surface area (Å²) >= 11 is 0. The van der Waals surface area contributed by atoms with Gasteiger partial charge in [-0.15, -0.1) is 0 Å². The van der Waals surface area contributed by atoms with Crippen LogP contribution in [0.15, 0.2) is 10.6 Å². The van der Waals surface area contributed by atoms with Gasteiger partial charge in [0.2, 0.25) is 5.91 Å². The second-order valence-electron chi connectivity index (χ2n) is 3.77. The molecular weight excluding hydrogens is 246 g/mol. The summed E-state index contributed by atoms with van der Waals surface area (Å²) in [4.78, 5) is 25.6. The van der Waals surface area contributed by atoms with Crippen LogP contribution in [0.3, 0.4) is 0 Å². The number of β-lactam (4-membered cyclic amide) rings is 1. The molecule has 1 atom stereocenters. The molecule has 0 aromatic rings. The van der Waals surface area contributed by atoms with Crippen molar-refractivity contribution in [2.24, 2.45) is 0 Å². The summed E-state index contributed by atoms with van der Waals surface area (Å²) in [6.45, 7) is 3.87. The summed E-state index contributed by atoms with van der Waals surface area (Å²) in [5, 5.41) is 0. The third-order valence-corrected chi connectivity index (χ3v) is 6.28. The summed E-state index contributed by atoms with van der Waals surface area (Å²) < 4.78 is 4.74. The molecule has 2 rings (SSSR count). The van der Waals surface area contributed by atoms with Crippen LogP contribution in [0, 0.1) is 0 Å². The fourth-order valence-electron chi connectivity index (χ4n) is 1.94. The standard InChI is InChI=1S/C10H13NO3S2/c1-4-10-5-7(12)11(10)8(9(13)14-3)6(2)15-16-10/h4-5H2,1-3H3/t10-/m1/s1. The largest absolute Gasteiger partial charge is 0.464 e. The number of hydrogen-bond acceptors (Lipinski definition) is 5. The molecule has 1 saturated heterocycles. The molecule has 0 N–H and O–H groups in total. The van der Waals surface area contributed by atoms with E-state index in [9.17, 15) is 9.59 Å². The molecular formula is C10H13NO3S2. The van der Waals surface area contributed by atoms with Gasteiger partial charge in [0.05, 0.1) is 13.5 Å². The van der Waals surface area contributed by atoms with Crippen molar-refractivity contribution in [3.05, 3.63) is 10.6 Å². The highest BCUT2D eigenvalue weighted by atomic mass is 33.1. The van der Waals surface area contributed by atoms with Gasteiger partial charge in [-0.3, -0.25) is 9.69 Å². The lowest BCUT2D eigenvalue weighted by molar-refractivity contribution is -0.152. The zero-order valence-electron chi connectivity index (χ0n) is 9.40. The topological polar surface area (TPSA) is 46.6 Å². The fourth-order valence-corrected chi connectivity index (χ4v) is 4.87. The molecule has 0 aromatic heterocycles. The van der Waals surface area contributed by atoms with Crippen molar-refractivity contribution >= 4 is 33.5 Å². The van der Waals surface area contributed by atoms with Crippen LogP contribution in [-0.4, -0.2) is 28.8 Å². The third-order valence-electron chi connectivity index (χ3n) is 2.89. The summed E-state index contributed by atoms with van der Waals surface area (Å²) in [7, 11) is 4.56. The van der Waals surface area contributed by atoms with Gasteiger partial charge >= 0.3 is 5.97 Å². The Balaban J connectivity index is 2.40. The zero-order valence-corrected chi connectivity index (χ0v) is 11.0. The Kier molecular flexibility index (Phi) is 2.96. The molecule has 88 valence electrons. The average Bonchev–Trinajstić information content (AvgIpc) is 2.28. The number of amides is 1. The molecule has 0 radical (unpaired) electrons. The number of carbonyl (C=O) groups excluding carboxylic acids is 2. The second-order valence-corrected chi connectivity index (χ2v) is 6.47. The monoisotopic (exact) mass is 259 g/mol. The quantitative estimate of drug-likeness (QED) is 0.432. The number of esters is 1. The minimum Gasteiger partial charge on any atom is -0.464 e. The van der Waals surface area contributed by atoms with Crippen LogP contribution in [-0.2, 0) is 14.3 Å². The number of fused-ring (bicyclic) bond motifs is 1. The molecule has 2 aliphatic rings. The predicted octanol–water partition coefficient (Wildman–Crippen LogP) is 2.12. The Morgan fingerprint density at radius 2 is 2.31 bits per heavy atom. The normalized spacial score (nSPS) is 28.7. The number of methoxy groups -OCH3 is 1. The highest BCUT2D eigenvalue weighted by molar-refractivity contribution is 8.78. The smallest absolute Gasteiger partial charge is 0.355 e. The molecule has 0 aromatic carbocycles. The predicted molar refractivity (Wildman–Crippen MR) is 64.4 cm³/mol. The number of hydrogen-bond donors (Lipinski definition) is 0. The first kappa shape index (κ1) is 11.9. The van der Waals surface area contributed by atoms with Gasteiger partial charge in [-0.1, -0.05) is 28.5 Å². The van der Waals surface area contributed by atoms with Crippen molar-refractivity contribution < 1.29 is 14.3 Å². The molecule has 0 saturated carbocycles. The number of rotatable bonds is 2. The van der Waals surface area contributed by atoms with Gasteiger partial charge in [0.15, 0.2) is 0 Å². The van der Waals surface area contributed by atoms with Crippen molar-refractivity contribution in [1.82, 2.24) is 4.90 Å². The van der Waals surface area contributed by atoms with Crippen LogP contribution in [0.25, 0.3) is 0 Å². The fraction of sp³-hybridized carbons (Fsp3) is 0.600. The summed E-state index contributed by atoms with van der Waals surface area (Å²) in [6, 6.07) is 0. The van der Waals surface area contributed by atoms with E-state index in [-0.39, 0.29) is 10.8 Å². The SMILES string of the molecule is CC[C@@]12CC(=O)N1C(C(=O)OC)=C(C)SS2. The molecule has 4 nitrogen and oxygen atoms in total. The van der Waals surface area contributed by atoms with Gasteiger partial charge in [0, 0.05) is 4.91 Å². The van der Waals surface area contributed by atoms with Gasteiger partial charge in [-0.2, -0.15) is 0 Å². The number of allylic oxidation sites excluding steroid dienone is 1. The van der Waals surface area contributed by atoms with Gasteiger partial charge in [0.25, 0.3) is 0 Å². The third kappa shape index (κ3) is 1.47. The van der Waals surface area contributed by atoms with E-state index >= 15 is 0 Å². The van der Waals surface area contributed by atoms with E-state index < -0.39 is 5.97 Å². The van der Waals surface area contributed by atoms with Gasteiger partial charge in [-0.05, 0) is 13.3 Å². The van der Waals surface area contributed by atoms with Crippen molar-refractivity contribution in [2.45, 2.75) is 31.6 Å². The summed E-state index contributed by atoms with van der Waals surface area (Å²) in [6.07, 6.45) is 1.35. The maximum atomic E-state index is 11.7. The van der Waals surface area contributed by atoms with Crippen molar-refractivity contribution in [3.63, 3.8) is 0 Å². The van der Waals surface area contributed by atoms with Crippen LogP contribution in [0.2, 0.25) is 0 Å². The number of carbonyl (C=O) groups is 2. The average molecular weight is 259 g/mol. The lowest BCUT2D eigenvalue weighted by atomic mass is 9.97. The van der Waals surface area contributed by atoms with Crippen LogP contribution in [0.4, 0.5) is 0 Å². The second kappa shape index (κ2) is 4.00. The molecule has 0 bridgehead atoms. The van der Waals surface area contributed by atoms with Gasteiger partial charge in [-0.25, -0.2) is 4.79 Å². The van der Waals surface area contributed by atoms with Gasteiger partial charge in [0.1, 0.15) is 10.6 Å². The van der Waals surface area contributed by atoms with E-state index in [1.807, 2.05) is 13.8 Å². The maximum absolute atomic E-state index is 11.7. The van der Waals surface area contributed by atoms with Crippen molar-refractivity contribution in [1.29, 1.82) is 0 Å². The Labute approximate surface area is 102 Å². The van der Waals surface area contributed by atoms with Crippen LogP contribution in [0.1, 0.15) is 26.7 Å². The van der Waals surface area contributed by atoms with Crippen LogP contribution < -0.4 is 0 Å². The van der Waals surface area contributed by atoms with E-state index in [4.69, 9.17) is 4.74 Å². The summed E-state index contributed by atoms with van der Waals surface area (Å²) in [5.74, 6) is -0.412. The number of nitrogens with zero attached hydrogens (tertiary/aromatic N) is 1. The van der Waals surface area contributed by atoms with E-state index in [1.165, 1.54) is 7.11 Å². The highest BCUT2D eigenvalue weighted by Gasteiger charge is 2.56. The van der Waals surface area contributed by atoms with Crippen molar-refractivity contribution in [3.8, 4) is 0 Å². The van der Waals surface area contributed by atoms with Crippen LogP contribution >= 0.6 is 21.6 Å². The van der Waals surface area contributed by atoms with E-state index in [0.717, 1.165) is 11.3 Å². The molecule has 0 unspecified atom stereocenters. The minimum absolute atomic E-state index is 0.00870. The first-order valence-corrected chi connectivity index (χ1v) is 7.18. The van der Waals surface area contributed by atoms with E-state index in [2.05, 4.69) is 0 Å². The molecule has 0 aliphatic carbocycles. The Morgan fingerprint density at radius 1 is 1.62 bits per heavy atom. The van der Waals surface area contributed by atoms with E-state index in [0.29, 0.717) is 12.1 Å². The Hall–Kier alpha value is -0.620. The molecule has 1 fully saturated rings. The maximum Gasteiger partial charge on any atom is 0.355 e. The molecule has 0 spiro atoms. The minimum atomic E-state index is -0.420. The first-order chi connectivity index (χ1) is 7.55. The van der Waals surface area contributed by atoms with Crippen LogP contribution in [0.5, 0.6) is 0 Å². The zero-order chi connectivity index (χ0) is 11.9. The molecule has 6 heteroatoms. The van der Waals surface area contributed by atoms with Gasteiger partial charge < -0.3 is 4.74 Å². The highest BCUT2D eigenvalue weighted by Crippen LogP contribution is 2.58. The molecule has 1 amide bonds. The molecule has 2 heterocycles. The lowest BCUT2D eigenvalue weighted by Gasteiger charge is -2.53.